The molecule has 4 rings (SSSR count). The van der Waals surface area contributed by atoms with Crippen LogP contribution in [0.3, 0.4) is 0 Å². The number of alkyl halides is 1. The summed E-state index contributed by atoms with van der Waals surface area (Å²) in [6.07, 6.45) is -0.429. The molecule has 0 spiro atoms. The number of amides is 2. The second-order valence-corrected chi connectivity index (χ2v) is 16.8. The fourth-order valence-corrected chi connectivity index (χ4v) is 6.86. The van der Waals surface area contributed by atoms with E-state index < -0.39 is 12.8 Å². The van der Waals surface area contributed by atoms with Crippen molar-refractivity contribution < 1.29 is 24.8 Å². The number of thiazole rings is 2. The Morgan fingerprint density at radius 1 is 0.837 bits per heavy atom. The van der Waals surface area contributed by atoms with Crippen molar-refractivity contribution in [3.63, 3.8) is 0 Å². The molecule has 0 aromatic carbocycles. The Bertz CT molecular complexity index is 1150. The number of anilines is 1. The van der Waals surface area contributed by atoms with Gasteiger partial charge in [-0.3, -0.25) is 4.39 Å². The van der Waals surface area contributed by atoms with E-state index in [0.29, 0.717) is 13.1 Å². The van der Waals surface area contributed by atoms with Crippen LogP contribution in [0.15, 0.2) is 23.9 Å². The number of hydrogen-bond donors (Lipinski definition) is 1. The lowest BCUT2D eigenvalue weighted by atomic mass is 10.2. The Morgan fingerprint density at radius 2 is 1.24 bits per heavy atom. The number of halogens is 4. The van der Waals surface area contributed by atoms with Gasteiger partial charge < -0.3 is 34.4 Å². The number of nitrogens with one attached hydrogen (secondary N) is 1. The third kappa shape index (κ3) is 23.9. The minimum atomic E-state index is -1.00. The first-order valence-electron chi connectivity index (χ1n) is 16.5. The number of nitrogens with zero attached hydrogens (tertiary/aromatic N) is 6. The molecule has 2 aliphatic heterocycles. The van der Waals surface area contributed by atoms with Gasteiger partial charge in [-0.25, -0.2) is 19.6 Å². The van der Waals surface area contributed by atoms with Gasteiger partial charge in [-0.15, -0.1) is 22.7 Å². The summed E-state index contributed by atoms with van der Waals surface area (Å²) in [6, 6.07) is 0. The van der Waals surface area contributed by atoms with Crippen molar-refractivity contribution in [3.05, 3.63) is 23.9 Å². The van der Waals surface area contributed by atoms with Gasteiger partial charge in [0.2, 0.25) is 0 Å². The third-order valence-corrected chi connectivity index (χ3v) is 9.91. The summed E-state index contributed by atoms with van der Waals surface area (Å²) in [7, 11) is -1.00. The largest absolute Gasteiger partial charge is 0.444 e. The van der Waals surface area contributed by atoms with Gasteiger partial charge in [0, 0.05) is 63.1 Å². The number of aromatic nitrogens is 2. The Hall–Kier alpha value is -1.11. The van der Waals surface area contributed by atoms with Crippen LogP contribution in [-0.4, -0.2) is 127 Å². The molecule has 0 saturated carbocycles. The van der Waals surface area contributed by atoms with Crippen LogP contribution < -0.4 is 10.2 Å². The van der Waals surface area contributed by atoms with Crippen molar-refractivity contribution >= 4 is 87.8 Å². The molecule has 2 aromatic heterocycles. The third-order valence-electron chi connectivity index (χ3n) is 6.22. The smallest absolute Gasteiger partial charge is 0.410 e. The van der Waals surface area contributed by atoms with E-state index >= 15 is 0 Å². The first-order chi connectivity index (χ1) is 22.9. The molecule has 2 aromatic rings. The minimum Gasteiger partial charge on any atom is -0.444 e. The molecule has 0 radical (unpaired) electrons. The topological polar surface area (TPSA) is 103 Å². The van der Waals surface area contributed by atoms with Crippen LogP contribution >= 0.6 is 70.5 Å². The Kier molecular flexibility index (Phi) is 26.0. The maximum absolute atomic E-state index is 11.9. The van der Waals surface area contributed by atoms with Crippen molar-refractivity contribution in [1.82, 2.24) is 30.0 Å². The van der Waals surface area contributed by atoms with Gasteiger partial charge >= 0.3 is 12.2 Å². The second-order valence-electron chi connectivity index (χ2n) is 12.2. The van der Waals surface area contributed by atoms with Gasteiger partial charge in [0.25, 0.3) is 0 Å². The van der Waals surface area contributed by atoms with Gasteiger partial charge in [-0.05, 0) is 109 Å². The summed E-state index contributed by atoms with van der Waals surface area (Å²) < 4.78 is 28.8. The highest BCUT2D eigenvalue weighted by molar-refractivity contribution is 9.11. The van der Waals surface area contributed by atoms with Crippen LogP contribution in [0.5, 0.6) is 0 Å². The maximum Gasteiger partial charge on any atom is 0.410 e. The summed E-state index contributed by atoms with van der Waals surface area (Å²) in [5.41, 5.74) is -0.823. The van der Waals surface area contributed by atoms with Gasteiger partial charge in [0.05, 0.1) is 8.52 Å². The molecule has 0 bridgehead atoms. The van der Waals surface area contributed by atoms with Crippen molar-refractivity contribution in [2.45, 2.75) is 80.9 Å². The molecule has 0 atom stereocenters. The Balaban J connectivity index is 0. The van der Waals surface area contributed by atoms with Crippen LogP contribution in [0.4, 0.5) is 19.1 Å². The fourth-order valence-electron chi connectivity index (χ4n) is 3.88. The fraction of sp³-hybridized carbons (Fsp3) is 0.750. The number of piperazine rings is 2. The summed E-state index contributed by atoms with van der Waals surface area (Å²) in [5, 5.41) is 8.07. The van der Waals surface area contributed by atoms with E-state index in [1.54, 1.807) is 32.5 Å². The van der Waals surface area contributed by atoms with E-state index in [2.05, 4.69) is 93.6 Å². The monoisotopic (exact) mass is 926 g/mol. The lowest BCUT2D eigenvalue weighted by molar-refractivity contribution is 0.0223. The molecule has 286 valence electrons. The zero-order valence-corrected chi connectivity index (χ0v) is 36.2. The van der Waals surface area contributed by atoms with Crippen molar-refractivity contribution in [1.29, 1.82) is 0 Å². The SMILES string of the molecule is Brc1csc(Br)n1.C.CC(C)(C)OC(=O)N1CCN(c2nc(Br)cs2)CC1.CC(C)(C)OC(=O)N1CCNCC1.CCN(CC)CC.[2H]CF. The van der Waals surface area contributed by atoms with Gasteiger partial charge in [0.15, 0.2) is 9.05 Å². The number of carbonyl (C=O) groups excluding carboxylic acids is 2. The highest BCUT2D eigenvalue weighted by Gasteiger charge is 2.27. The van der Waals surface area contributed by atoms with E-state index in [-0.39, 0.29) is 25.2 Å². The average molecular weight is 930 g/mol. The van der Waals surface area contributed by atoms with Crippen molar-refractivity contribution in [2.24, 2.45) is 0 Å². The molecule has 2 aliphatic rings. The molecule has 11 nitrogen and oxygen atoms in total. The summed E-state index contributed by atoms with van der Waals surface area (Å²) in [6.45, 7) is 27.6. The zero-order chi connectivity index (χ0) is 37.6. The molecular weight excluding hydrogens is 869 g/mol. The lowest BCUT2D eigenvalue weighted by Gasteiger charge is -2.35. The van der Waals surface area contributed by atoms with E-state index in [9.17, 15) is 14.0 Å². The molecule has 2 amide bonds. The maximum atomic E-state index is 11.9. The molecular formula is C32H59Br3FN7O4S2. The molecule has 0 aliphatic carbocycles. The summed E-state index contributed by atoms with van der Waals surface area (Å²) in [5.74, 6) is 0. The van der Waals surface area contributed by atoms with Crippen LogP contribution in [-0.2, 0) is 9.47 Å². The molecule has 2 saturated heterocycles. The highest BCUT2D eigenvalue weighted by atomic mass is 79.9. The van der Waals surface area contributed by atoms with Gasteiger partial charge in [-0.1, -0.05) is 28.2 Å². The minimum absolute atomic E-state index is 0. The molecule has 1 N–H and O–H groups in total. The molecule has 17 heteroatoms. The van der Waals surface area contributed by atoms with Gasteiger partial charge in [0.1, 0.15) is 20.4 Å². The molecule has 49 heavy (non-hydrogen) atoms. The first-order valence-corrected chi connectivity index (χ1v) is 19.9. The predicted molar refractivity (Wildman–Crippen MR) is 215 cm³/mol. The number of carbonyl (C=O) groups is 2. The van der Waals surface area contributed by atoms with Gasteiger partial charge in [-0.2, -0.15) is 0 Å². The Labute approximate surface area is 329 Å². The second kappa shape index (κ2) is 26.6. The first kappa shape index (κ1) is 47.9. The zero-order valence-electron chi connectivity index (χ0n) is 30.8. The van der Waals surface area contributed by atoms with E-state index in [1.807, 2.05) is 52.3 Å². The van der Waals surface area contributed by atoms with E-state index in [4.69, 9.17) is 10.8 Å². The standard InChI is InChI=1S/C12H18BrN3O2S.C9H18N2O2.C6H15N.C3HBr2NS.CH3F.CH4/c1-12(2,3)18-11(17)16-6-4-15(5-7-16)10-14-9(13)8-19-10;1-9(2,3)13-8(12)11-6-4-10-5-7-11;1-4-7(5-2)6-3;4-2-1-7-3(5)6-2;1-2;/h8H,4-7H2,1-3H3;10H,4-7H2,1-3H3;4-6H2,1-3H3;1H;1H3;1H4/i;;;;1D;. The number of hydrogen-bond acceptors (Lipinski definition) is 11. The van der Waals surface area contributed by atoms with Crippen LogP contribution in [0.2, 0.25) is 0 Å². The summed E-state index contributed by atoms with van der Waals surface area (Å²) >= 11 is 12.9. The number of ether oxygens (including phenoxy) is 2. The molecule has 4 heterocycles. The van der Waals surface area contributed by atoms with Crippen LogP contribution in [0.1, 0.15) is 71.1 Å². The lowest BCUT2D eigenvalue weighted by Crippen LogP contribution is -2.50. The van der Waals surface area contributed by atoms with E-state index in [0.717, 1.165) is 57.5 Å². The van der Waals surface area contributed by atoms with Crippen molar-refractivity contribution in [3.8, 4) is 0 Å². The molecule has 0 unspecified atom stereocenters. The van der Waals surface area contributed by atoms with Crippen LogP contribution in [0, 0.1) is 0 Å². The normalized spacial score (nSPS) is 14.6. The number of rotatable bonds is 4. The molecule has 2 fully saturated rings. The Morgan fingerprint density at radius 3 is 1.53 bits per heavy atom. The highest BCUT2D eigenvalue weighted by Crippen LogP contribution is 2.25. The quantitative estimate of drug-likeness (QED) is 0.322. The van der Waals surface area contributed by atoms with Crippen LogP contribution in [0.25, 0.3) is 0 Å². The van der Waals surface area contributed by atoms with Crippen molar-refractivity contribution in [2.75, 3.05) is 84.0 Å². The predicted octanol–water partition coefficient (Wildman–Crippen LogP) is 9.03. The van der Waals surface area contributed by atoms with E-state index in [1.165, 1.54) is 19.6 Å². The average Bonchev–Trinajstić information content (AvgIpc) is 3.64. The summed E-state index contributed by atoms with van der Waals surface area (Å²) in [4.78, 5) is 39.8.